The average Bonchev–Trinajstić information content (AvgIpc) is 3.68. The standard InChI is InChI=1S/C53H36N4O/c1-33-49(34-14-3-2-4-15-34)56-53(57-50(33)37-18-13-17-36(28-37)47-23-11-12-26-54-47)40-30-38(42-25-27-55-51-45-22-9-10-24-48(45)58-52(42)51)29-39(31-40)46-32-35-16-5-6-19-41(35)43-20-7-8-21-44(43)46/h2-8,10-21,23-32H,9,22H2,1H3. The summed E-state index contributed by atoms with van der Waals surface area (Å²) in [4.78, 5) is 20.4. The molecule has 0 aliphatic heterocycles. The smallest absolute Gasteiger partial charge is 0.161 e. The van der Waals surface area contributed by atoms with E-state index in [0.717, 1.165) is 96.9 Å². The van der Waals surface area contributed by atoms with Gasteiger partial charge in [0.1, 0.15) is 11.3 Å². The molecule has 0 saturated carbocycles. The Morgan fingerprint density at radius 3 is 2.05 bits per heavy atom. The Labute approximate surface area is 336 Å². The van der Waals surface area contributed by atoms with Crippen molar-refractivity contribution in [3.63, 3.8) is 0 Å². The van der Waals surface area contributed by atoms with E-state index in [1.165, 1.54) is 27.1 Å². The highest BCUT2D eigenvalue weighted by Crippen LogP contribution is 2.42. The van der Waals surface area contributed by atoms with Gasteiger partial charge >= 0.3 is 0 Å². The van der Waals surface area contributed by atoms with Crippen LogP contribution in [0.1, 0.15) is 23.3 Å². The lowest BCUT2D eigenvalue weighted by Gasteiger charge is -2.17. The Morgan fingerprint density at radius 1 is 0.517 bits per heavy atom. The van der Waals surface area contributed by atoms with E-state index in [2.05, 4.69) is 151 Å². The third kappa shape index (κ3) is 5.79. The summed E-state index contributed by atoms with van der Waals surface area (Å²) in [7, 11) is 0. The molecule has 6 aromatic carbocycles. The predicted molar refractivity (Wildman–Crippen MR) is 237 cm³/mol. The molecule has 1 aliphatic rings. The molecule has 0 amide bonds. The molecule has 4 heterocycles. The summed E-state index contributed by atoms with van der Waals surface area (Å²) in [6.07, 6.45) is 9.89. The summed E-state index contributed by atoms with van der Waals surface area (Å²) < 4.78 is 6.63. The van der Waals surface area contributed by atoms with Crippen molar-refractivity contribution < 1.29 is 4.42 Å². The number of nitrogens with zero attached hydrogens (tertiary/aromatic N) is 4. The van der Waals surface area contributed by atoms with Crippen molar-refractivity contribution in [2.45, 2.75) is 19.8 Å². The summed E-state index contributed by atoms with van der Waals surface area (Å²) in [6.45, 7) is 2.12. The lowest BCUT2D eigenvalue weighted by atomic mass is 9.90. The van der Waals surface area contributed by atoms with Crippen LogP contribution in [0.4, 0.5) is 0 Å². The molecule has 0 N–H and O–H groups in total. The highest BCUT2D eigenvalue weighted by Gasteiger charge is 2.22. The van der Waals surface area contributed by atoms with Gasteiger partial charge in [0, 0.05) is 51.3 Å². The third-order valence-corrected chi connectivity index (χ3v) is 11.4. The van der Waals surface area contributed by atoms with Gasteiger partial charge in [0.05, 0.1) is 17.1 Å². The molecule has 0 atom stereocenters. The van der Waals surface area contributed by atoms with Gasteiger partial charge in [-0.3, -0.25) is 9.97 Å². The molecular weight excluding hydrogens is 709 g/mol. The number of rotatable bonds is 6. The van der Waals surface area contributed by atoms with Gasteiger partial charge in [-0.05, 0) is 113 Å². The maximum Gasteiger partial charge on any atom is 0.161 e. The number of aryl methyl sites for hydroxylation is 1. The zero-order valence-corrected chi connectivity index (χ0v) is 31.9. The van der Waals surface area contributed by atoms with Gasteiger partial charge < -0.3 is 4.42 Å². The number of hydrogen-bond donors (Lipinski definition) is 0. The lowest BCUT2D eigenvalue weighted by molar-refractivity contribution is 0.596. The molecule has 0 fully saturated rings. The van der Waals surface area contributed by atoms with Gasteiger partial charge in [-0.2, -0.15) is 0 Å². The number of furan rings is 1. The van der Waals surface area contributed by atoms with Crippen LogP contribution >= 0.6 is 0 Å². The maximum absolute atomic E-state index is 6.63. The number of benzene rings is 6. The van der Waals surface area contributed by atoms with Gasteiger partial charge in [0.2, 0.25) is 0 Å². The fourth-order valence-corrected chi connectivity index (χ4v) is 8.60. The second-order valence-corrected chi connectivity index (χ2v) is 14.9. The van der Waals surface area contributed by atoms with E-state index in [-0.39, 0.29) is 0 Å². The van der Waals surface area contributed by atoms with Gasteiger partial charge in [0.15, 0.2) is 11.4 Å². The first-order valence-corrected chi connectivity index (χ1v) is 19.8. The Hall–Kier alpha value is -7.50. The van der Waals surface area contributed by atoms with E-state index in [0.29, 0.717) is 5.82 Å². The van der Waals surface area contributed by atoms with Crippen molar-refractivity contribution in [2.75, 3.05) is 0 Å². The molecule has 1 aliphatic carbocycles. The summed E-state index contributed by atoms with van der Waals surface area (Å²) in [5.41, 5.74) is 14.8. The van der Waals surface area contributed by atoms with E-state index in [1.54, 1.807) is 0 Å². The molecular formula is C53H36N4O. The van der Waals surface area contributed by atoms with Crippen LogP contribution in [0.25, 0.3) is 106 Å². The molecule has 0 radical (unpaired) electrons. The normalized spacial score (nSPS) is 12.4. The van der Waals surface area contributed by atoms with Crippen LogP contribution in [-0.2, 0) is 6.42 Å². The molecule has 0 unspecified atom stereocenters. The molecule has 274 valence electrons. The molecule has 0 bridgehead atoms. The molecule has 4 aromatic heterocycles. The summed E-state index contributed by atoms with van der Waals surface area (Å²) in [5, 5.41) is 4.82. The van der Waals surface area contributed by atoms with Crippen molar-refractivity contribution in [2.24, 2.45) is 0 Å². The van der Waals surface area contributed by atoms with Crippen molar-refractivity contribution in [3.05, 3.63) is 187 Å². The Kier molecular flexibility index (Phi) is 8.11. The van der Waals surface area contributed by atoms with Gasteiger partial charge in [0.25, 0.3) is 0 Å². The van der Waals surface area contributed by atoms with Gasteiger partial charge in [-0.15, -0.1) is 0 Å². The highest BCUT2D eigenvalue weighted by molar-refractivity contribution is 6.14. The van der Waals surface area contributed by atoms with Crippen LogP contribution < -0.4 is 0 Å². The summed E-state index contributed by atoms with van der Waals surface area (Å²) >= 11 is 0. The first kappa shape index (κ1) is 33.8. The fraction of sp³-hybridized carbons (Fsp3) is 0.0566. The van der Waals surface area contributed by atoms with E-state index >= 15 is 0 Å². The minimum Gasteiger partial charge on any atom is -0.454 e. The van der Waals surface area contributed by atoms with Crippen molar-refractivity contribution in [1.82, 2.24) is 19.9 Å². The Balaban J connectivity index is 1.19. The number of allylic oxidation sites excluding steroid dienone is 1. The minimum absolute atomic E-state index is 0.642. The fourth-order valence-electron chi connectivity index (χ4n) is 8.60. The molecule has 5 heteroatoms. The summed E-state index contributed by atoms with van der Waals surface area (Å²) in [5.74, 6) is 1.54. The SMILES string of the molecule is Cc1c(-c2ccccc2)nc(-c2cc(-c3cc4ccccc4c4ccccc34)cc(-c3ccnc4c5c(oc34)C=CCC5)c2)nc1-c1cccc(-c2ccccn2)c1. The average molecular weight is 745 g/mol. The molecule has 10 aromatic rings. The van der Waals surface area contributed by atoms with Gasteiger partial charge in [-0.1, -0.05) is 109 Å². The second-order valence-electron chi connectivity index (χ2n) is 14.9. The monoisotopic (exact) mass is 744 g/mol. The number of fused-ring (bicyclic) bond motifs is 6. The zero-order chi connectivity index (χ0) is 38.6. The number of hydrogen-bond acceptors (Lipinski definition) is 5. The number of pyridine rings is 2. The van der Waals surface area contributed by atoms with Crippen molar-refractivity contribution >= 4 is 38.7 Å². The topological polar surface area (TPSA) is 64.7 Å². The third-order valence-electron chi connectivity index (χ3n) is 11.4. The molecule has 5 nitrogen and oxygen atoms in total. The van der Waals surface area contributed by atoms with E-state index < -0.39 is 0 Å². The Bertz CT molecular complexity index is 3240. The van der Waals surface area contributed by atoms with E-state index in [4.69, 9.17) is 19.4 Å². The largest absolute Gasteiger partial charge is 0.454 e. The zero-order valence-electron chi connectivity index (χ0n) is 31.9. The first-order valence-electron chi connectivity index (χ1n) is 19.8. The van der Waals surface area contributed by atoms with E-state index in [9.17, 15) is 0 Å². The van der Waals surface area contributed by atoms with Crippen LogP contribution in [0.15, 0.2) is 175 Å². The van der Waals surface area contributed by atoms with Crippen LogP contribution in [0, 0.1) is 6.92 Å². The van der Waals surface area contributed by atoms with Gasteiger partial charge in [-0.25, -0.2) is 9.97 Å². The first-order chi connectivity index (χ1) is 28.7. The number of aromatic nitrogens is 4. The Morgan fingerprint density at radius 2 is 1.21 bits per heavy atom. The van der Waals surface area contributed by atoms with Crippen LogP contribution in [0.3, 0.4) is 0 Å². The van der Waals surface area contributed by atoms with Crippen LogP contribution in [-0.4, -0.2) is 19.9 Å². The molecule has 0 saturated heterocycles. The van der Waals surface area contributed by atoms with E-state index in [1.807, 2.05) is 36.7 Å². The minimum atomic E-state index is 0.642. The van der Waals surface area contributed by atoms with Crippen LogP contribution in [0.2, 0.25) is 0 Å². The second kappa shape index (κ2) is 13.9. The molecule has 58 heavy (non-hydrogen) atoms. The lowest BCUT2D eigenvalue weighted by Crippen LogP contribution is -2.01. The molecule has 11 rings (SSSR count). The maximum atomic E-state index is 6.63. The highest BCUT2D eigenvalue weighted by atomic mass is 16.3. The predicted octanol–water partition coefficient (Wildman–Crippen LogP) is 13.6. The summed E-state index contributed by atoms with van der Waals surface area (Å²) in [6, 6.07) is 53.4. The van der Waals surface area contributed by atoms with Crippen molar-refractivity contribution in [3.8, 4) is 67.4 Å². The quantitative estimate of drug-likeness (QED) is 0.159. The molecule has 0 spiro atoms. The van der Waals surface area contributed by atoms with Crippen LogP contribution in [0.5, 0.6) is 0 Å². The van der Waals surface area contributed by atoms with Crippen molar-refractivity contribution in [1.29, 1.82) is 0 Å².